The highest BCUT2D eigenvalue weighted by atomic mass is 16.4. The fraction of sp³-hybridized carbons (Fsp3) is 0.375. The number of fused-ring (bicyclic) bond motifs is 1. The molecule has 5 nitrogen and oxygen atoms in total. The molecule has 1 aromatic heterocycles. The average molecular weight is 286 g/mol. The van der Waals surface area contributed by atoms with Crippen LogP contribution in [0, 0.1) is 5.92 Å². The summed E-state index contributed by atoms with van der Waals surface area (Å²) in [6.45, 7) is 3.40. The number of pyridine rings is 1. The zero-order valence-electron chi connectivity index (χ0n) is 11.9. The summed E-state index contributed by atoms with van der Waals surface area (Å²) in [5, 5.41) is 20.5. The molecular formula is C16H18N2O3. The van der Waals surface area contributed by atoms with Crippen LogP contribution in [0.15, 0.2) is 30.5 Å². The Morgan fingerprint density at radius 3 is 2.71 bits per heavy atom. The molecule has 21 heavy (non-hydrogen) atoms. The number of aliphatic hydroxyl groups is 1. The molecule has 0 aliphatic carbocycles. The van der Waals surface area contributed by atoms with Crippen LogP contribution in [0.25, 0.3) is 10.8 Å². The van der Waals surface area contributed by atoms with Gasteiger partial charge in [-0.15, -0.1) is 0 Å². The quantitative estimate of drug-likeness (QED) is 0.904. The fourth-order valence-corrected chi connectivity index (χ4v) is 2.97. The maximum Gasteiger partial charge on any atom is 0.337 e. The number of carbonyl (C=O) groups is 1. The Morgan fingerprint density at radius 2 is 2.10 bits per heavy atom. The van der Waals surface area contributed by atoms with E-state index in [1.165, 1.54) is 6.20 Å². The van der Waals surface area contributed by atoms with Gasteiger partial charge < -0.3 is 15.1 Å². The van der Waals surface area contributed by atoms with Gasteiger partial charge in [-0.25, -0.2) is 9.78 Å². The highest BCUT2D eigenvalue weighted by molar-refractivity contribution is 6.06. The van der Waals surface area contributed by atoms with E-state index in [1.54, 1.807) is 0 Å². The minimum Gasteiger partial charge on any atom is -0.478 e. The van der Waals surface area contributed by atoms with Crippen molar-refractivity contribution in [3.05, 3.63) is 36.0 Å². The molecule has 2 unspecified atom stereocenters. The van der Waals surface area contributed by atoms with Crippen LogP contribution >= 0.6 is 0 Å². The van der Waals surface area contributed by atoms with E-state index >= 15 is 0 Å². The normalized spacial score (nSPS) is 19.9. The van der Waals surface area contributed by atoms with Crippen molar-refractivity contribution >= 4 is 22.6 Å². The summed E-state index contributed by atoms with van der Waals surface area (Å²) in [6.07, 6.45) is 2.02. The second-order valence-electron chi connectivity index (χ2n) is 5.58. The Bertz CT molecular complexity index is 684. The van der Waals surface area contributed by atoms with Crippen LogP contribution in [0.1, 0.15) is 23.7 Å². The number of aromatic carboxylic acids is 1. The summed E-state index contributed by atoms with van der Waals surface area (Å²) in [5.74, 6) is 0.0805. The molecule has 0 spiro atoms. The maximum absolute atomic E-state index is 11.3. The van der Waals surface area contributed by atoms with E-state index in [4.69, 9.17) is 0 Å². The van der Waals surface area contributed by atoms with Crippen molar-refractivity contribution in [2.24, 2.45) is 5.92 Å². The molecule has 1 saturated heterocycles. The monoisotopic (exact) mass is 286 g/mol. The number of hydrogen-bond donors (Lipinski definition) is 2. The summed E-state index contributed by atoms with van der Waals surface area (Å²) >= 11 is 0. The lowest BCUT2D eigenvalue weighted by Crippen LogP contribution is -2.25. The van der Waals surface area contributed by atoms with Crippen LogP contribution in [-0.2, 0) is 0 Å². The average Bonchev–Trinajstić information content (AvgIpc) is 2.95. The first-order valence-electron chi connectivity index (χ1n) is 7.12. The second kappa shape index (κ2) is 5.33. The van der Waals surface area contributed by atoms with Crippen molar-refractivity contribution in [1.29, 1.82) is 0 Å². The molecule has 0 bridgehead atoms. The van der Waals surface area contributed by atoms with Crippen LogP contribution < -0.4 is 4.90 Å². The maximum atomic E-state index is 11.3. The molecule has 0 radical (unpaired) electrons. The first-order valence-corrected chi connectivity index (χ1v) is 7.12. The number of aromatic nitrogens is 1. The van der Waals surface area contributed by atoms with Gasteiger partial charge in [0.25, 0.3) is 0 Å². The van der Waals surface area contributed by atoms with Crippen LogP contribution in [0.3, 0.4) is 0 Å². The lowest BCUT2D eigenvalue weighted by atomic mass is 10.0. The molecule has 2 atom stereocenters. The molecule has 1 aliphatic heterocycles. The first-order chi connectivity index (χ1) is 10.1. The van der Waals surface area contributed by atoms with Crippen molar-refractivity contribution in [3.8, 4) is 0 Å². The number of rotatable bonds is 3. The Hall–Kier alpha value is -2.14. The van der Waals surface area contributed by atoms with E-state index in [2.05, 4.69) is 9.88 Å². The Labute approximate surface area is 122 Å². The van der Waals surface area contributed by atoms with Crippen molar-refractivity contribution in [2.75, 3.05) is 18.0 Å². The summed E-state index contributed by atoms with van der Waals surface area (Å²) in [6, 6.07) is 7.44. The number of anilines is 1. The second-order valence-corrected chi connectivity index (χ2v) is 5.58. The van der Waals surface area contributed by atoms with E-state index in [1.807, 2.05) is 31.2 Å². The van der Waals surface area contributed by atoms with Crippen molar-refractivity contribution in [3.63, 3.8) is 0 Å². The third-order valence-corrected chi connectivity index (χ3v) is 4.21. The Kier molecular flexibility index (Phi) is 3.51. The largest absolute Gasteiger partial charge is 0.478 e. The summed E-state index contributed by atoms with van der Waals surface area (Å²) in [5.41, 5.74) is 0.223. The van der Waals surface area contributed by atoms with E-state index in [-0.39, 0.29) is 17.6 Å². The summed E-state index contributed by atoms with van der Waals surface area (Å²) < 4.78 is 0. The minimum absolute atomic E-state index is 0.223. The topological polar surface area (TPSA) is 73.7 Å². The number of aliphatic hydroxyl groups excluding tert-OH is 1. The predicted molar refractivity (Wildman–Crippen MR) is 80.7 cm³/mol. The van der Waals surface area contributed by atoms with E-state index < -0.39 is 5.97 Å². The third kappa shape index (κ3) is 2.45. The van der Waals surface area contributed by atoms with Crippen LogP contribution in [-0.4, -0.2) is 40.4 Å². The van der Waals surface area contributed by atoms with Crippen LogP contribution in [0.2, 0.25) is 0 Å². The van der Waals surface area contributed by atoms with Crippen LogP contribution in [0.5, 0.6) is 0 Å². The molecule has 0 amide bonds. The fourth-order valence-electron chi connectivity index (χ4n) is 2.97. The van der Waals surface area contributed by atoms with Gasteiger partial charge in [-0.05, 0) is 13.3 Å². The summed E-state index contributed by atoms with van der Waals surface area (Å²) in [4.78, 5) is 17.8. The van der Waals surface area contributed by atoms with Gasteiger partial charge in [-0.3, -0.25) is 0 Å². The van der Waals surface area contributed by atoms with Crippen LogP contribution in [0.4, 0.5) is 5.82 Å². The molecule has 1 aromatic carbocycles. The van der Waals surface area contributed by atoms with Gasteiger partial charge in [0, 0.05) is 36.0 Å². The number of hydrogen-bond acceptors (Lipinski definition) is 4. The van der Waals surface area contributed by atoms with Gasteiger partial charge in [-0.1, -0.05) is 24.3 Å². The highest BCUT2D eigenvalue weighted by Crippen LogP contribution is 2.31. The molecule has 0 saturated carbocycles. The summed E-state index contributed by atoms with van der Waals surface area (Å²) in [7, 11) is 0. The molecule has 5 heteroatoms. The van der Waals surface area contributed by atoms with E-state index in [0.29, 0.717) is 5.39 Å². The van der Waals surface area contributed by atoms with Gasteiger partial charge in [0.15, 0.2) is 0 Å². The van der Waals surface area contributed by atoms with Gasteiger partial charge in [0.05, 0.1) is 11.7 Å². The third-order valence-electron chi connectivity index (χ3n) is 4.21. The number of carboxylic acid groups (broad SMARTS) is 1. The van der Waals surface area contributed by atoms with Crippen molar-refractivity contribution in [1.82, 2.24) is 4.98 Å². The molecule has 2 heterocycles. The molecular weight excluding hydrogens is 268 g/mol. The van der Waals surface area contributed by atoms with Crippen molar-refractivity contribution < 1.29 is 15.0 Å². The van der Waals surface area contributed by atoms with E-state index in [0.717, 1.165) is 30.7 Å². The molecule has 110 valence electrons. The minimum atomic E-state index is -0.964. The first kappa shape index (κ1) is 13.8. The van der Waals surface area contributed by atoms with Gasteiger partial charge in [0.1, 0.15) is 5.82 Å². The van der Waals surface area contributed by atoms with Gasteiger partial charge in [-0.2, -0.15) is 0 Å². The lowest BCUT2D eigenvalue weighted by molar-refractivity contribution is 0.0698. The molecule has 1 fully saturated rings. The molecule has 2 N–H and O–H groups in total. The number of carboxylic acids is 1. The van der Waals surface area contributed by atoms with E-state index in [9.17, 15) is 15.0 Å². The SMILES string of the molecule is CC(O)C1CCN(c2ncc(C(=O)O)c3ccccc23)C1. The molecule has 1 aliphatic rings. The molecule has 2 aromatic rings. The number of benzene rings is 1. The highest BCUT2D eigenvalue weighted by Gasteiger charge is 2.28. The smallest absolute Gasteiger partial charge is 0.337 e. The Balaban J connectivity index is 2.05. The Morgan fingerprint density at radius 1 is 1.38 bits per heavy atom. The van der Waals surface area contributed by atoms with Gasteiger partial charge in [0.2, 0.25) is 0 Å². The predicted octanol–water partition coefficient (Wildman–Crippen LogP) is 2.14. The lowest BCUT2D eigenvalue weighted by Gasteiger charge is -2.20. The zero-order valence-corrected chi connectivity index (χ0v) is 11.9. The van der Waals surface area contributed by atoms with Gasteiger partial charge >= 0.3 is 5.97 Å². The number of nitrogens with zero attached hydrogens (tertiary/aromatic N) is 2. The van der Waals surface area contributed by atoms with Crippen molar-refractivity contribution in [2.45, 2.75) is 19.4 Å². The zero-order chi connectivity index (χ0) is 15.0. The molecule has 3 rings (SSSR count). The standard InChI is InChI=1S/C16H18N2O3/c1-10(19)11-6-7-18(9-11)15-13-5-3-2-4-12(13)14(8-17-15)16(20)21/h2-5,8,10-11,19H,6-7,9H2,1H3,(H,20,21).